The number of ether oxygens (including phenoxy) is 1. The molecule has 1 aliphatic rings. The number of rotatable bonds is 6. The number of nitrogens with two attached hydrogens (primary N) is 1. The van der Waals surface area contributed by atoms with Crippen LogP contribution in [0.5, 0.6) is 5.75 Å². The van der Waals surface area contributed by atoms with Crippen molar-refractivity contribution in [3.05, 3.63) is 28.8 Å². The number of benzene rings is 1. The molecule has 1 aromatic carbocycles. The van der Waals surface area contributed by atoms with Crippen LogP contribution in [0.1, 0.15) is 29.5 Å². The van der Waals surface area contributed by atoms with Crippen LogP contribution in [0.25, 0.3) is 0 Å². The van der Waals surface area contributed by atoms with E-state index in [0.29, 0.717) is 6.04 Å². The standard InChI is InChI=1S/C16H26N2O/c1-11-6-14(16(19-3)7-12(11)2)4-5-18-10-13-8-15(17)9-13/h6-7,13,15,18H,4-5,8-10,17H2,1-3H3. The van der Waals surface area contributed by atoms with Crippen molar-refractivity contribution in [2.45, 2.75) is 39.2 Å². The van der Waals surface area contributed by atoms with Gasteiger partial charge in [0.05, 0.1) is 7.11 Å². The molecule has 0 bridgehead atoms. The Labute approximate surface area is 116 Å². The molecule has 1 fully saturated rings. The van der Waals surface area contributed by atoms with E-state index in [1.54, 1.807) is 7.11 Å². The van der Waals surface area contributed by atoms with Gasteiger partial charge < -0.3 is 15.8 Å². The number of aryl methyl sites for hydroxylation is 2. The molecule has 106 valence electrons. The van der Waals surface area contributed by atoms with Crippen molar-refractivity contribution in [2.24, 2.45) is 11.7 Å². The van der Waals surface area contributed by atoms with Crippen LogP contribution in [-0.2, 0) is 6.42 Å². The Kier molecular flexibility index (Phi) is 4.83. The molecule has 0 unspecified atom stereocenters. The van der Waals surface area contributed by atoms with Gasteiger partial charge in [-0.3, -0.25) is 0 Å². The Balaban J connectivity index is 1.80. The molecule has 3 nitrogen and oxygen atoms in total. The van der Waals surface area contributed by atoms with Gasteiger partial charge in [0.1, 0.15) is 5.75 Å². The van der Waals surface area contributed by atoms with Crippen molar-refractivity contribution < 1.29 is 4.74 Å². The summed E-state index contributed by atoms with van der Waals surface area (Å²) in [5.74, 6) is 1.80. The van der Waals surface area contributed by atoms with Gasteiger partial charge in [-0.2, -0.15) is 0 Å². The Morgan fingerprint density at radius 2 is 1.95 bits per heavy atom. The fourth-order valence-corrected chi connectivity index (χ4v) is 2.72. The summed E-state index contributed by atoms with van der Waals surface area (Å²) in [6, 6.07) is 4.83. The quantitative estimate of drug-likeness (QED) is 0.773. The third-order valence-electron chi connectivity index (χ3n) is 4.17. The van der Waals surface area contributed by atoms with Gasteiger partial charge in [0, 0.05) is 6.04 Å². The lowest BCUT2D eigenvalue weighted by Crippen LogP contribution is -2.41. The zero-order chi connectivity index (χ0) is 13.8. The van der Waals surface area contributed by atoms with Gasteiger partial charge >= 0.3 is 0 Å². The van der Waals surface area contributed by atoms with Crippen molar-refractivity contribution in [1.29, 1.82) is 0 Å². The Morgan fingerprint density at radius 1 is 1.26 bits per heavy atom. The summed E-state index contributed by atoms with van der Waals surface area (Å²) < 4.78 is 5.46. The highest BCUT2D eigenvalue weighted by atomic mass is 16.5. The van der Waals surface area contributed by atoms with E-state index in [1.165, 1.54) is 29.5 Å². The second-order valence-corrected chi connectivity index (χ2v) is 5.80. The minimum atomic E-state index is 0.451. The third kappa shape index (κ3) is 3.71. The molecule has 3 N–H and O–H groups in total. The van der Waals surface area contributed by atoms with E-state index in [1.807, 2.05) is 0 Å². The number of nitrogens with one attached hydrogen (secondary N) is 1. The normalized spacial score (nSPS) is 22.1. The minimum Gasteiger partial charge on any atom is -0.496 e. The van der Waals surface area contributed by atoms with Crippen molar-refractivity contribution in [3.63, 3.8) is 0 Å². The van der Waals surface area contributed by atoms with Crippen LogP contribution in [0.3, 0.4) is 0 Å². The van der Waals surface area contributed by atoms with Crippen molar-refractivity contribution in [2.75, 3.05) is 20.2 Å². The van der Waals surface area contributed by atoms with Gasteiger partial charge in [-0.05, 0) is 74.9 Å². The molecule has 0 aromatic heterocycles. The van der Waals surface area contributed by atoms with Crippen LogP contribution in [0.2, 0.25) is 0 Å². The van der Waals surface area contributed by atoms with Crippen LogP contribution in [0.4, 0.5) is 0 Å². The summed E-state index contributed by atoms with van der Waals surface area (Å²) in [4.78, 5) is 0. The summed E-state index contributed by atoms with van der Waals surface area (Å²) in [5, 5.41) is 3.53. The fraction of sp³-hybridized carbons (Fsp3) is 0.625. The molecule has 1 aliphatic carbocycles. The average Bonchev–Trinajstić information content (AvgIpc) is 2.35. The number of hydrogen-bond acceptors (Lipinski definition) is 3. The zero-order valence-corrected chi connectivity index (χ0v) is 12.3. The molecule has 0 saturated heterocycles. The van der Waals surface area contributed by atoms with E-state index in [4.69, 9.17) is 10.5 Å². The van der Waals surface area contributed by atoms with Crippen molar-refractivity contribution in [3.8, 4) is 5.75 Å². The Morgan fingerprint density at radius 3 is 2.58 bits per heavy atom. The predicted molar refractivity (Wildman–Crippen MR) is 79.7 cm³/mol. The molecule has 0 spiro atoms. The highest BCUT2D eigenvalue weighted by molar-refractivity contribution is 5.41. The summed E-state index contributed by atoms with van der Waals surface area (Å²) in [5.41, 5.74) is 9.71. The van der Waals surface area contributed by atoms with E-state index in [2.05, 4.69) is 31.3 Å². The van der Waals surface area contributed by atoms with Crippen molar-refractivity contribution >= 4 is 0 Å². The lowest BCUT2D eigenvalue weighted by atomic mass is 9.81. The van der Waals surface area contributed by atoms with E-state index >= 15 is 0 Å². The summed E-state index contributed by atoms with van der Waals surface area (Å²) >= 11 is 0. The van der Waals surface area contributed by atoms with Gasteiger partial charge in [-0.15, -0.1) is 0 Å². The number of hydrogen-bond donors (Lipinski definition) is 2. The SMILES string of the molecule is COc1cc(C)c(C)cc1CCNCC1CC(N)C1. The maximum Gasteiger partial charge on any atom is 0.122 e. The first-order chi connectivity index (χ1) is 9.10. The Hall–Kier alpha value is -1.06. The molecule has 3 heteroatoms. The molecule has 19 heavy (non-hydrogen) atoms. The van der Waals surface area contributed by atoms with Gasteiger partial charge in [-0.1, -0.05) is 6.07 Å². The molecule has 0 radical (unpaired) electrons. The first kappa shape index (κ1) is 14.4. The fourth-order valence-electron chi connectivity index (χ4n) is 2.72. The molecule has 0 aliphatic heterocycles. The molecule has 1 saturated carbocycles. The van der Waals surface area contributed by atoms with Gasteiger partial charge in [-0.25, -0.2) is 0 Å². The molecular formula is C16H26N2O. The van der Waals surface area contributed by atoms with Crippen LogP contribution in [0.15, 0.2) is 12.1 Å². The molecule has 0 amide bonds. The van der Waals surface area contributed by atoms with Crippen LogP contribution >= 0.6 is 0 Å². The maximum atomic E-state index is 5.79. The smallest absolute Gasteiger partial charge is 0.122 e. The zero-order valence-electron chi connectivity index (χ0n) is 12.3. The monoisotopic (exact) mass is 262 g/mol. The second-order valence-electron chi connectivity index (χ2n) is 5.80. The molecule has 0 heterocycles. The van der Waals surface area contributed by atoms with E-state index in [9.17, 15) is 0 Å². The highest BCUT2D eigenvalue weighted by Crippen LogP contribution is 2.25. The molecular weight excluding hydrogens is 236 g/mol. The summed E-state index contributed by atoms with van der Waals surface area (Å²) in [6.45, 7) is 6.38. The minimum absolute atomic E-state index is 0.451. The highest BCUT2D eigenvalue weighted by Gasteiger charge is 2.24. The van der Waals surface area contributed by atoms with E-state index in [0.717, 1.165) is 31.2 Å². The molecule has 2 rings (SSSR count). The molecule has 0 atom stereocenters. The van der Waals surface area contributed by atoms with E-state index < -0.39 is 0 Å². The first-order valence-electron chi connectivity index (χ1n) is 7.20. The van der Waals surface area contributed by atoms with Crippen molar-refractivity contribution in [1.82, 2.24) is 5.32 Å². The van der Waals surface area contributed by atoms with Crippen LogP contribution in [-0.4, -0.2) is 26.2 Å². The average molecular weight is 262 g/mol. The maximum absolute atomic E-state index is 5.79. The second kappa shape index (κ2) is 6.40. The van der Waals surface area contributed by atoms with Crippen LogP contribution in [0, 0.1) is 19.8 Å². The first-order valence-corrected chi connectivity index (χ1v) is 7.20. The summed E-state index contributed by atoms with van der Waals surface area (Å²) in [7, 11) is 1.75. The Bertz CT molecular complexity index is 425. The van der Waals surface area contributed by atoms with Gasteiger partial charge in [0.15, 0.2) is 0 Å². The lowest BCUT2D eigenvalue weighted by Gasteiger charge is -2.32. The summed E-state index contributed by atoms with van der Waals surface area (Å²) in [6.07, 6.45) is 3.38. The van der Waals surface area contributed by atoms with Gasteiger partial charge in [0.25, 0.3) is 0 Å². The molecule has 1 aromatic rings. The van der Waals surface area contributed by atoms with E-state index in [-0.39, 0.29) is 0 Å². The topological polar surface area (TPSA) is 47.3 Å². The largest absolute Gasteiger partial charge is 0.496 e. The third-order valence-corrected chi connectivity index (χ3v) is 4.17. The number of methoxy groups -OCH3 is 1. The predicted octanol–water partition coefficient (Wildman–Crippen LogP) is 2.18. The lowest BCUT2D eigenvalue weighted by molar-refractivity contribution is 0.257. The van der Waals surface area contributed by atoms with Crippen LogP contribution < -0.4 is 15.8 Å². The van der Waals surface area contributed by atoms with Gasteiger partial charge in [0.2, 0.25) is 0 Å².